The van der Waals surface area contributed by atoms with E-state index in [1.54, 1.807) is 13.8 Å². The van der Waals surface area contributed by atoms with Crippen LogP contribution in [0.25, 0.3) is 0 Å². The number of carbonyl (C=O) groups excluding carboxylic acids is 1. The minimum atomic E-state index is -0.698. The highest BCUT2D eigenvalue weighted by molar-refractivity contribution is 5.97. The zero-order valence-corrected chi connectivity index (χ0v) is 13.1. The van der Waals surface area contributed by atoms with Crippen molar-refractivity contribution in [2.24, 2.45) is 0 Å². The van der Waals surface area contributed by atoms with E-state index in [9.17, 15) is 9.90 Å². The molecule has 1 aliphatic rings. The maximum atomic E-state index is 12.6. The van der Waals surface area contributed by atoms with Gasteiger partial charge in [-0.25, -0.2) is 0 Å². The van der Waals surface area contributed by atoms with Crippen molar-refractivity contribution >= 4 is 11.6 Å². The number of hydrogen-bond acceptors (Lipinski definition) is 4. The molecule has 2 rings (SSSR count). The summed E-state index contributed by atoms with van der Waals surface area (Å²) in [4.78, 5) is 16.6. The number of amides is 1. The lowest BCUT2D eigenvalue weighted by Crippen LogP contribution is -2.52. The summed E-state index contributed by atoms with van der Waals surface area (Å²) >= 11 is 0. The highest BCUT2D eigenvalue weighted by atomic mass is 16.3. The van der Waals surface area contributed by atoms with Crippen molar-refractivity contribution in [2.75, 3.05) is 38.5 Å². The second kappa shape index (κ2) is 6.03. The van der Waals surface area contributed by atoms with Crippen LogP contribution < -0.4 is 5.73 Å². The molecule has 116 valence electrons. The number of nitrogen functional groups attached to an aromatic ring is 1. The predicted octanol–water partition coefficient (Wildman–Crippen LogP) is 1.11. The number of anilines is 1. The molecule has 0 radical (unpaired) electrons. The summed E-state index contributed by atoms with van der Waals surface area (Å²) in [7, 11) is 0. The summed E-state index contributed by atoms with van der Waals surface area (Å²) in [5.74, 6) is 0.0442. The second-order valence-corrected chi connectivity index (χ2v) is 6.40. The van der Waals surface area contributed by atoms with Crippen LogP contribution >= 0.6 is 0 Å². The lowest BCUT2D eigenvalue weighted by Gasteiger charge is -2.37. The molecule has 5 nitrogen and oxygen atoms in total. The van der Waals surface area contributed by atoms with E-state index in [1.807, 2.05) is 30.0 Å². The minimum Gasteiger partial charge on any atom is -0.398 e. The molecule has 0 aliphatic carbocycles. The van der Waals surface area contributed by atoms with Crippen molar-refractivity contribution in [2.45, 2.75) is 26.4 Å². The van der Waals surface area contributed by atoms with Crippen LogP contribution in [0.3, 0.4) is 0 Å². The number of rotatable bonds is 3. The van der Waals surface area contributed by atoms with Gasteiger partial charge < -0.3 is 15.7 Å². The highest BCUT2D eigenvalue weighted by Gasteiger charge is 2.26. The Morgan fingerprint density at radius 3 is 2.48 bits per heavy atom. The van der Waals surface area contributed by atoms with Crippen molar-refractivity contribution in [3.63, 3.8) is 0 Å². The van der Waals surface area contributed by atoms with Gasteiger partial charge in [0.2, 0.25) is 0 Å². The van der Waals surface area contributed by atoms with Gasteiger partial charge >= 0.3 is 0 Å². The van der Waals surface area contributed by atoms with Crippen LogP contribution in [0, 0.1) is 6.92 Å². The fourth-order valence-corrected chi connectivity index (χ4v) is 2.71. The Morgan fingerprint density at radius 1 is 1.29 bits per heavy atom. The van der Waals surface area contributed by atoms with Crippen molar-refractivity contribution < 1.29 is 9.90 Å². The zero-order valence-electron chi connectivity index (χ0n) is 13.1. The smallest absolute Gasteiger partial charge is 0.254 e. The third-order valence-electron chi connectivity index (χ3n) is 3.88. The molecule has 1 fully saturated rings. The Bertz CT molecular complexity index is 515. The van der Waals surface area contributed by atoms with E-state index in [2.05, 4.69) is 4.90 Å². The average Bonchev–Trinajstić information content (AvgIpc) is 2.40. The van der Waals surface area contributed by atoms with Crippen LogP contribution in [0.1, 0.15) is 29.8 Å². The van der Waals surface area contributed by atoms with Crippen LogP contribution in [-0.4, -0.2) is 59.1 Å². The van der Waals surface area contributed by atoms with E-state index in [-0.39, 0.29) is 5.91 Å². The van der Waals surface area contributed by atoms with Crippen LogP contribution in [0.2, 0.25) is 0 Å². The molecule has 1 aromatic rings. The van der Waals surface area contributed by atoms with Gasteiger partial charge in [0.25, 0.3) is 5.91 Å². The number of hydrogen-bond donors (Lipinski definition) is 2. The Morgan fingerprint density at radius 2 is 1.90 bits per heavy atom. The largest absolute Gasteiger partial charge is 0.398 e. The van der Waals surface area contributed by atoms with Gasteiger partial charge in [-0.1, -0.05) is 6.07 Å². The van der Waals surface area contributed by atoms with E-state index in [0.29, 0.717) is 30.9 Å². The Hall–Kier alpha value is -1.59. The molecule has 1 amide bonds. The number of carbonyl (C=O) groups is 1. The lowest BCUT2D eigenvalue weighted by atomic mass is 10.0. The summed E-state index contributed by atoms with van der Waals surface area (Å²) < 4.78 is 0. The molecule has 5 heteroatoms. The maximum absolute atomic E-state index is 12.6. The number of nitrogens with zero attached hydrogens (tertiary/aromatic N) is 2. The van der Waals surface area contributed by atoms with Gasteiger partial charge in [0.1, 0.15) is 0 Å². The molecule has 1 heterocycles. The molecule has 3 N–H and O–H groups in total. The summed E-state index contributed by atoms with van der Waals surface area (Å²) in [6.45, 7) is 9.07. The summed E-state index contributed by atoms with van der Waals surface area (Å²) in [6.07, 6.45) is 0. The minimum absolute atomic E-state index is 0.0442. The third-order valence-corrected chi connectivity index (χ3v) is 3.88. The van der Waals surface area contributed by atoms with Gasteiger partial charge in [-0.3, -0.25) is 9.69 Å². The number of nitrogens with two attached hydrogens (primary N) is 1. The van der Waals surface area contributed by atoms with Gasteiger partial charge in [-0.05, 0) is 38.5 Å². The molecule has 1 aromatic carbocycles. The van der Waals surface area contributed by atoms with Crippen LogP contribution in [0.4, 0.5) is 5.69 Å². The normalized spacial score (nSPS) is 17.0. The van der Waals surface area contributed by atoms with Gasteiger partial charge in [-0.15, -0.1) is 0 Å². The molecule has 1 aliphatic heterocycles. The fraction of sp³-hybridized carbons (Fsp3) is 0.562. The number of benzene rings is 1. The van der Waals surface area contributed by atoms with Gasteiger partial charge in [-0.2, -0.15) is 0 Å². The highest BCUT2D eigenvalue weighted by Crippen LogP contribution is 2.18. The van der Waals surface area contributed by atoms with Crippen LogP contribution in [0.15, 0.2) is 18.2 Å². The first-order chi connectivity index (χ1) is 9.78. The van der Waals surface area contributed by atoms with Crippen LogP contribution in [0.5, 0.6) is 0 Å². The van der Waals surface area contributed by atoms with Crippen molar-refractivity contribution in [3.8, 4) is 0 Å². The first kappa shape index (κ1) is 15.8. The van der Waals surface area contributed by atoms with Gasteiger partial charge in [0.05, 0.1) is 5.60 Å². The third kappa shape index (κ3) is 3.95. The monoisotopic (exact) mass is 291 g/mol. The van der Waals surface area contributed by atoms with E-state index < -0.39 is 5.60 Å². The Labute approximate surface area is 126 Å². The summed E-state index contributed by atoms with van der Waals surface area (Å²) in [5, 5.41) is 9.85. The quantitative estimate of drug-likeness (QED) is 0.818. The SMILES string of the molecule is Cc1c(N)cccc1C(=O)N1CCN(CC(C)(C)O)CC1. The van der Waals surface area contributed by atoms with E-state index in [1.165, 1.54) is 0 Å². The molecule has 0 aromatic heterocycles. The molecule has 0 saturated carbocycles. The van der Waals surface area contributed by atoms with Gasteiger partial charge in [0.15, 0.2) is 0 Å². The first-order valence-electron chi connectivity index (χ1n) is 7.37. The Kier molecular flexibility index (Phi) is 4.54. The molecule has 0 bridgehead atoms. The van der Waals surface area contributed by atoms with E-state index >= 15 is 0 Å². The molecule has 0 unspecified atom stereocenters. The Balaban J connectivity index is 1.99. The molecule has 21 heavy (non-hydrogen) atoms. The molecule has 1 saturated heterocycles. The first-order valence-corrected chi connectivity index (χ1v) is 7.37. The zero-order chi connectivity index (χ0) is 15.6. The number of aliphatic hydroxyl groups is 1. The van der Waals surface area contributed by atoms with Crippen molar-refractivity contribution in [1.29, 1.82) is 0 Å². The van der Waals surface area contributed by atoms with Crippen molar-refractivity contribution in [3.05, 3.63) is 29.3 Å². The second-order valence-electron chi connectivity index (χ2n) is 6.40. The van der Waals surface area contributed by atoms with E-state index in [4.69, 9.17) is 5.73 Å². The standard InChI is InChI=1S/C16H25N3O2/c1-12-13(5-4-6-14(12)17)15(20)19-9-7-18(8-10-19)11-16(2,3)21/h4-6,21H,7-11,17H2,1-3H3. The van der Waals surface area contributed by atoms with Crippen molar-refractivity contribution in [1.82, 2.24) is 9.80 Å². The summed E-state index contributed by atoms with van der Waals surface area (Å²) in [5.41, 5.74) is 7.36. The predicted molar refractivity (Wildman–Crippen MR) is 84.2 cm³/mol. The van der Waals surface area contributed by atoms with E-state index in [0.717, 1.165) is 18.7 Å². The number of β-amino-alcohol motifs (C(OH)–C–C–N with tert-alkyl or cyclic N) is 1. The van der Waals surface area contributed by atoms with Gasteiger partial charge in [0, 0.05) is 44.0 Å². The van der Waals surface area contributed by atoms with Crippen LogP contribution in [-0.2, 0) is 0 Å². The molecule has 0 atom stereocenters. The number of piperazine rings is 1. The molecule has 0 spiro atoms. The lowest BCUT2D eigenvalue weighted by molar-refractivity contribution is 0.0178. The molecular weight excluding hydrogens is 266 g/mol. The molecular formula is C16H25N3O2. The average molecular weight is 291 g/mol. The fourth-order valence-electron chi connectivity index (χ4n) is 2.71. The summed E-state index contributed by atoms with van der Waals surface area (Å²) in [6, 6.07) is 5.46. The topological polar surface area (TPSA) is 69.8 Å². The maximum Gasteiger partial charge on any atom is 0.254 e.